The topological polar surface area (TPSA) is 64.0 Å². The number of carbonyl (C=O) groups is 1. The minimum absolute atomic E-state index is 0.00402. The van der Waals surface area contributed by atoms with Crippen LogP contribution in [0.4, 0.5) is 0 Å². The summed E-state index contributed by atoms with van der Waals surface area (Å²) < 4.78 is 1.34. The molecule has 1 aromatic carbocycles. The van der Waals surface area contributed by atoms with Crippen LogP contribution < -0.4 is 10.9 Å². The van der Waals surface area contributed by atoms with Gasteiger partial charge in [-0.3, -0.25) is 14.2 Å². The Hall–Kier alpha value is -2.14. The van der Waals surface area contributed by atoms with Crippen LogP contribution in [0.2, 0.25) is 5.02 Å². The van der Waals surface area contributed by atoms with Crippen molar-refractivity contribution in [3.63, 3.8) is 0 Å². The smallest absolute Gasteiger partial charge is 0.254 e. The van der Waals surface area contributed by atoms with E-state index >= 15 is 0 Å². The lowest BCUT2D eigenvalue weighted by molar-refractivity contribution is -0.123. The first-order chi connectivity index (χ1) is 12.0. The summed E-state index contributed by atoms with van der Waals surface area (Å²) in [5.41, 5.74) is 1.14. The minimum Gasteiger partial charge on any atom is -0.352 e. The average molecular weight is 360 g/mol. The molecule has 1 saturated carbocycles. The summed E-state index contributed by atoms with van der Waals surface area (Å²) in [4.78, 5) is 28.8. The molecule has 0 spiro atoms. The molecule has 2 unspecified atom stereocenters. The van der Waals surface area contributed by atoms with Crippen LogP contribution >= 0.6 is 11.6 Å². The van der Waals surface area contributed by atoms with Crippen LogP contribution in [-0.4, -0.2) is 21.5 Å². The molecule has 25 heavy (non-hydrogen) atoms. The fourth-order valence-electron chi connectivity index (χ4n) is 3.26. The van der Waals surface area contributed by atoms with Crippen molar-refractivity contribution in [2.24, 2.45) is 5.92 Å². The summed E-state index contributed by atoms with van der Waals surface area (Å²) in [6, 6.07) is 8.78. The van der Waals surface area contributed by atoms with Crippen LogP contribution in [0.5, 0.6) is 0 Å². The highest BCUT2D eigenvalue weighted by atomic mass is 35.5. The fourth-order valence-corrected chi connectivity index (χ4v) is 3.39. The van der Waals surface area contributed by atoms with Crippen LogP contribution in [0.3, 0.4) is 0 Å². The van der Waals surface area contributed by atoms with Crippen molar-refractivity contribution in [1.29, 1.82) is 0 Å². The minimum atomic E-state index is -0.244. The number of rotatable bonds is 4. The van der Waals surface area contributed by atoms with Crippen LogP contribution in [0, 0.1) is 5.92 Å². The Morgan fingerprint density at radius 2 is 2.00 bits per heavy atom. The lowest BCUT2D eigenvalue weighted by Crippen LogP contribution is -2.43. The van der Waals surface area contributed by atoms with E-state index in [-0.39, 0.29) is 24.1 Å². The number of carbonyl (C=O) groups excluding carboxylic acids is 1. The average Bonchev–Trinajstić information content (AvgIpc) is 2.59. The van der Waals surface area contributed by atoms with Crippen molar-refractivity contribution in [3.05, 3.63) is 52.0 Å². The molecule has 1 amide bonds. The summed E-state index contributed by atoms with van der Waals surface area (Å²) in [6.07, 6.45) is 5.95. The van der Waals surface area contributed by atoms with Crippen LogP contribution in [0.15, 0.2) is 41.5 Å². The summed E-state index contributed by atoms with van der Waals surface area (Å²) in [6.45, 7) is 2.16. The van der Waals surface area contributed by atoms with Crippen molar-refractivity contribution in [3.8, 4) is 11.3 Å². The Balaban J connectivity index is 1.67. The normalized spacial score (nSPS) is 20.2. The van der Waals surface area contributed by atoms with Gasteiger partial charge in [0.15, 0.2) is 0 Å². The maximum atomic E-state index is 12.3. The Morgan fingerprint density at radius 1 is 1.28 bits per heavy atom. The molecule has 5 nitrogen and oxygen atoms in total. The number of nitrogens with one attached hydrogen (secondary N) is 1. The Morgan fingerprint density at radius 3 is 2.68 bits per heavy atom. The zero-order valence-electron chi connectivity index (χ0n) is 14.2. The van der Waals surface area contributed by atoms with Crippen LogP contribution in [0.1, 0.15) is 32.6 Å². The van der Waals surface area contributed by atoms with E-state index in [2.05, 4.69) is 17.2 Å². The highest BCUT2D eigenvalue weighted by Gasteiger charge is 2.22. The lowest BCUT2D eigenvalue weighted by Gasteiger charge is -2.29. The molecule has 0 saturated heterocycles. The molecular weight excluding hydrogens is 338 g/mol. The molecule has 2 aromatic rings. The molecule has 1 N–H and O–H groups in total. The molecule has 0 aliphatic heterocycles. The van der Waals surface area contributed by atoms with E-state index in [9.17, 15) is 9.59 Å². The van der Waals surface area contributed by atoms with Gasteiger partial charge in [-0.15, -0.1) is 0 Å². The number of hydrogen-bond acceptors (Lipinski definition) is 3. The van der Waals surface area contributed by atoms with Gasteiger partial charge >= 0.3 is 0 Å². The molecular formula is C19H22ClN3O2. The second kappa shape index (κ2) is 7.83. The third-order valence-corrected chi connectivity index (χ3v) is 5.04. The first-order valence-corrected chi connectivity index (χ1v) is 9.02. The zero-order valence-corrected chi connectivity index (χ0v) is 15.0. The van der Waals surface area contributed by atoms with Crippen LogP contribution in [0.25, 0.3) is 11.3 Å². The van der Waals surface area contributed by atoms with E-state index in [1.807, 2.05) is 12.1 Å². The van der Waals surface area contributed by atoms with Gasteiger partial charge in [0.05, 0.1) is 12.0 Å². The fraction of sp³-hybridized carbons (Fsp3) is 0.421. The Bertz CT molecular complexity index is 801. The maximum Gasteiger partial charge on any atom is 0.254 e. The third kappa shape index (κ3) is 4.48. The van der Waals surface area contributed by atoms with Crippen molar-refractivity contribution in [1.82, 2.24) is 14.9 Å². The highest BCUT2D eigenvalue weighted by Crippen LogP contribution is 2.23. The van der Waals surface area contributed by atoms with Gasteiger partial charge in [-0.2, -0.15) is 0 Å². The predicted molar refractivity (Wildman–Crippen MR) is 98.5 cm³/mol. The molecule has 1 fully saturated rings. The number of benzene rings is 1. The van der Waals surface area contributed by atoms with Gasteiger partial charge in [-0.25, -0.2) is 4.98 Å². The van der Waals surface area contributed by atoms with E-state index in [0.717, 1.165) is 24.8 Å². The number of aromatic nitrogens is 2. The largest absolute Gasteiger partial charge is 0.352 e. The van der Waals surface area contributed by atoms with E-state index in [0.29, 0.717) is 16.6 Å². The summed E-state index contributed by atoms with van der Waals surface area (Å²) in [7, 11) is 0. The third-order valence-electron chi connectivity index (χ3n) is 4.79. The summed E-state index contributed by atoms with van der Waals surface area (Å²) >= 11 is 5.87. The first kappa shape index (κ1) is 17.7. The van der Waals surface area contributed by atoms with Crippen molar-refractivity contribution >= 4 is 17.5 Å². The standard InChI is InChI=1S/C19H22ClN3O2/c1-13-4-2-3-5-16(13)22-18(24)11-23-12-21-17(10-19(23)25)14-6-8-15(20)9-7-14/h6-10,12-13,16H,2-5,11H2,1H3,(H,22,24). The van der Waals surface area contributed by atoms with Crippen LogP contribution in [-0.2, 0) is 11.3 Å². The molecule has 3 rings (SSSR count). The molecule has 0 radical (unpaired) electrons. The van der Waals surface area contributed by atoms with E-state index in [1.165, 1.54) is 23.4 Å². The summed E-state index contributed by atoms with van der Waals surface area (Å²) in [5, 5.41) is 3.69. The summed E-state index contributed by atoms with van der Waals surface area (Å²) in [5.74, 6) is 0.349. The predicted octanol–water partition coefficient (Wildman–Crippen LogP) is 3.26. The molecule has 0 bridgehead atoms. The van der Waals surface area contributed by atoms with Gasteiger partial charge in [-0.1, -0.05) is 43.5 Å². The highest BCUT2D eigenvalue weighted by molar-refractivity contribution is 6.30. The van der Waals surface area contributed by atoms with Crippen molar-refractivity contribution in [2.45, 2.75) is 45.2 Å². The van der Waals surface area contributed by atoms with E-state index in [4.69, 9.17) is 11.6 Å². The van der Waals surface area contributed by atoms with Crippen molar-refractivity contribution < 1.29 is 4.79 Å². The van der Waals surface area contributed by atoms with Gasteiger partial charge in [-0.05, 0) is 30.9 Å². The molecule has 1 aromatic heterocycles. The first-order valence-electron chi connectivity index (χ1n) is 8.65. The maximum absolute atomic E-state index is 12.3. The van der Waals surface area contributed by atoms with Gasteiger partial charge < -0.3 is 5.32 Å². The lowest BCUT2D eigenvalue weighted by atomic mass is 9.86. The number of nitrogens with zero attached hydrogens (tertiary/aromatic N) is 2. The Labute approximate surface area is 152 Å². The Kier molecular flexibility index (Phi) is 5.53. The quantitative estimate of drug-likeness (QED) is 0.911. The number of halogens is 1. The molecule has 1 aliphatic rings. The second-order valence-electron chi connectivity index (χ2n) is 6.68. The monoisotopic (exact) mass is 359 g/mol. The molecule has 132 valence electrons. The van der Waals surface area contributed by atoms with Gasteiger partial charge in [0.25, 0.3) is 5.56 Å². The van der Waals surface area contributed by atoms with Gasteiger partial charge in [0.2, 0.25) is 5.91 Å². The van der Waals surface area contributed by atoms with E-state index < -0.39 is 0 Å². The number of amides is 1. The number of hydrogen-bond donors (Lipinski definition) is 1. The molecule has 1 heterocycles. The van der Waals surface area contributed by atoms with Gasteiger partial charge in [0, 0.05) is 22.7 Å². The molecule has 1 aliphatic carbocycles. The van der Waals surface area contributed by atoms with Gasteiger partial charge in [0.1, 0.15) is 6.54 Å². The SMILES string of the molecule is CC1CCCCC1NC(=O)Cn1cnc(-c2ccc(Cl)cc2)cc1=O. The molecule has 2 atom stereocenters. The van der Waals surface area contributed by atoms with E-state index in [1.54, 1.807) is 12.1 Å². The zero-order chi connectivity index (χ0) is 17.8. The molecule has 6 heteroatoms. The van der Waals surface area contributed by atoms with Crippen molar-refractivity contribution in [2.75, 3.05) is 0 Å². The second-order valence-corrected chi connectivity index (χ2v) is 7.12.